The van der Waals surface area contributed by atoms with Crippen LogP contribution in [-0.2, 0) is 31.3 Å². The number of benzene rings is 1. The Hall–Kier alpha value is -2.05. The highest BCUT2D eigenvalue weighted by Gasteiger charge is 2.28. The molecule has 0 atom stereocenters. The molecule has 0 amide bonds. The molecule has 2 aliphatic heterocycles. The summed E-state index contributed by atoms with van der Waals surface area (Å²) in [6, 6.07) is 8.94. The van der Waals surface area contributed by atoms with Gasteiger partial charge in [-0.3, -0.25) is 4.79 Å². The first-order valence-electron chi connectivity index (χ1n) is 10.2. The van der Waals surface area contributed by atoms with Crippen LogP contribution in [0.15, 0.2) is 57.2 Å². The van der Waals surface area contributed by atoms with Crippen molar-refractivity contribution >= 4 is 20.0 Å². The number of hydrogen-bond acceptors (Lipinski definition) is 6. The van der Waals surface area contributed by atoms with E-state index in [9.17, 15) is 21.6 Å². The van der Waals surface area contributed by atoms with Crippen LogP contribution >= 0.6 is 0 Å². The van der Waals surface area contributed by atoms with Gasteiger partial charge < -0.3 is 9.30 Å². The Labute approximate surface area is 182 Å². The molecular formula is C20H25N3O6S2. The molecule has 2 aromatic rings. The van der Waals surface area contributed by atoms with Gasteiger partial charge in [-0.1, -0.05) is 12.1 Å². The summed E-state index contributed by atoms with van der Waals surface area (Å²) < 4.78 is 60.8. The summed E-state index contributed by atoms with van der Waals surface area (Å²) >= 11 is 0. The van der Waals surface area contributed by atoms with Crippen LogP contribution in [0.3, 0.4) is 0 Å². The molecule has 0 bridgehead atoms. The third-order valence-corrected chi connectivity index (χ3v) is 9.30. The number of nitrogens with zero attached hydrogens (tertiary/aromatic N) is 3. The number of morpholine rings is 1. The van der Waals surface area contributed by atoms with Gasteiger partial charge in [-0.2, -0.15) is 8.61 Å². The topological polar surface area (TPSA) is 106 Å². The van der Waals surface area contributed by atoms with E-state index < -0.39 is 20.0 Å². The van der Waals surface area contributed by atoms with Crippen molar-refractivity contribution in [2.75, 3.05) is 39.4 Å². The summed E-state index contributed by atoms with van der Waals surface area (Å²) in [5.41, 5.74) is 0.231. The van der Waals surface area contributed by atoms with Gasteiger partial charge in [0.1, 0.15) is 0 Å². The molecule has 168 valence electrons. The summed E-state index contributed by atoms with van der Waals surface area (Å²) in [6.45, 7) is 2.31. The van der Waals surface area contributed by atoms with E-state index in [-0.39, 0.29) is 21.9 Å². The molecule has 0 spiro atoms. The van der Waals surface area contributed by atoms with Crippen molar-refractivity contribution in [3.63, 3.8) is 0 Å². The van der Waals surface area contributed by atoms with Gasteiger partial charge in [0.2, 0.25) is 20.0 Å². The van der Waals surface area contributed by atoms with E-state index in [1.807, 2.05) is 0 Å². The zero-order chi connectivity index (χ0) is 22.1. The van der Waals surface area contributed by atoms with Crippen LogP contribution in [-0.4, -0.2) is 69.4 Å². The third kappa shape index (κ3) is 4.60. The van der Waals surface area contributed by atoms with Crippen LogP contribution < -0.4 is 5.56 Å². The first-order chi connectivity index (χ1) is 14.8. The lowest BCUT2D eigenvalue weighted by molar-refractivity contribution is 0.0730. The predicted molar refractivity (Wildman–Crippen MR) is 114 cm³/mol. The maximum Gasteiger partial charge on any atom is 0.250 e. The highest BCUT2D eigenvalue weighted by atomic mass is 32.2. The van der Waals surface area contributed by atoms with Gasteiger partial charge in [0.05, 0.1) is 29.5 Å². The summed E-state index contributed by atoms with van der Waals surface area (Å²) in [6.07, 6.45) is 2.98. The van der Waals surface area contributed by atoms with Gasteiger partial charge in [0.25, 0.3) is 5.56 Å². The summed E-state index contributed by atoms with van der Waals surface area (Å²) in [7, 11) is -7.32. The van der Waals surface area contributed by atoms with Crippen LogP contribution in [0.4, 0.5) is 0 Å². The van der Waals surface area contributed by atoms with Crippen molar-refractivity contribution in [1.29, 1.82) is 0 Å². The molecule has 0 unspecified atom stereocenters. The number of aromatic nitrogens is 1. The maximum atomic E-state index is 12.9. The van der Waals surface area contributed by atoms with E-state index in [4.69, 9.17) is 4.74 Å². The Morgan fingerprint density at radius 3 is 2.16 bits per heavy atom. The van der Waals surface area contributed by atoms with E-state index in [0.29, 0.717) is 45.0 Å². The number of rotatable bonds is 6. The van der Waals surface area contributed by atoms with E-state index in [1.165, 1.54) is 43.6 Å². The van der Waals surface area contributed by atoms with Crippen LogP contribution in [0.2, 0.25) is 0 Å². The van der Waals surface area contributed by atoms with Gasteiger partial charge in [-0.25, -0.2) is 16.8 Å². The molecule has 4 rings (SSSR count). The zero-order valence-corrected chi connectivity index (χ0v) is 18.6. The number of pyridine rings is 1. The maximum absolute atomic E-state index is 12.9. The lowest BCUT2D eigenvalue weighted by atomic mass is 10.2. The molecule has 9 nitrogen and oxygen atoms in total. The van der Waals surface area contributed by atoms with Gasteiger partial charge >= 0.3 is 0 Å². The summed E-state index contributed by atoms with van der Waals surface area (Å²) in [5.74, 6) is 0. The van der Waals surface area contributed by atoms with Crippen LogP contribution in [0.25, 0.3) is 0 Å². The van der Waals surface area contributed by atoms with Gasteiger partial charge in [0, 0.05) is 38.4 Å². The average Bonchev–Trinajstić information content (AvgIpc) is 3.32. The Morgan fingerprint density at radius 1 is 0.806 bits per heavy atom. The van der Waals surface area contributed by atoms with Crippen molar-refractivity contribution in [1.82, 2.24) is 13.2 Å². The minimum atomic E-state index is -3.67. The second-order valence-corrected chi connectivity index (χ2v) is 11.5. The molecule has 1 aromatic heterocycles. The van der Waals surface area contributed by atoms with Crippen molar-refractivity contribution in [2.45, 2.75) is 29.2 Å². The molecule has 2 aliphatic rings. The van der Waals surface area contributed by atoms with Crippen LogP contribution in [0, 0.1) is 0 Å². The predicted octanol–water partition coefficient (Wildman–Crippen LogP) is 0.702. The number of hydrogen-bond donors (Lipinski definition) is 0. The highest BCUT2D eigenvalue weighted by molar-refractivity contribution is 7.89. The quantitative estimate of drug-likeness (QED) is 0.619. The molecule has 2 fully saturated rings. The van der Waals surface area contributed by atoms with Crippen LogP contribution in [0.1, 0.15) is 18.4 Å². The Bertz CT molecular complexity index is 1210. The fourth-order valence-electron chi connectivity index (χ4n) is 3.80. The minimum absolute atomic E-state index is 0.0612. The molecule has 31 heavy (non-hydrogen) atoms. The molecule has 0 radical (unpaired) electrons. The lowest BCUT2D eigenvalue weighted by Gasteiger charge is -2.26. The van der Waals surface area contributed by atoms with Crippen molar-refractivity contribution in [3.05, 3.63) is 58.5 Å². The fourth-order valence-corrected chi connectivity index (χ4v) is 6.82. The van der Waals surface area contributed by atoms with Crippen LogP contribution in [0.5, 0.6) is 0 Å². The zero-order valence-electron chi connectivity index (χ0n) is 17.0. The van der Waals surface area contributed by atoms with E-state index in [1.54, 1.807) is 12.1 Å². The van der Waals surface area contributed by atoms with Crippen molar-refractivity contribution in [2.24, 2.45) is 0 Å². The second kappa shape index (κ2) is 8.83. The lowest BCUT2D eigenvalue weighted by Crippen LogP contribution is -2.40. The highest BCUT2D eigenvalue weighted by Crippen LogP contribution is 2.21. The van der Waals surface area contributed by atoms with Crippen molar-refractivity contribution < 1.29 is 21.6 Å². The van der Waals surface area contributed by atoms with Gasteiger partial charge in [0.15, 0.2) is 0 Å². The molecular weight excluding hydrogens is 442 g/mol. The first-order valence-corrected chi connectivity index (χ1v) is 13.0. The monoisotopic (exact) mass is 467 g/mol. The molecule has 2 saturated heterocycles. The second-order valence-electron chi connectivity index (χ2n) is 7.61. The normalized spacial score (nSPS) is 19.0. The summed E-state index contributed by atoms with van der Waals surface area (Å²) in [5, 5.41) is 0. The molecule has 0 aliphatic carbocycles. The van der Waals surface area contributed by atoms with Gasteiger partial charge in [-0.05, 0) is 36.6 Å². The Balaban J connectivity index is 1.61. The van der Waals surface area contributed by atoms with E-state index in [2.05, 4.69) is 0 Å². The number of sulfonamides is 2. The fraction of sp³-hybridized carbons (Fsp3) is 0.450. The van der Waals surface area contributed by atoms with Crippen molar-refractivity contribution in [3.8, 4) is 0 Å². The Kier molecular flexibility index (Phi) is 6.31. The van der Waals surface area contributed by atoms with E-state index in [0.717, 1.165) is 12.8 Å². The van der Waals surface area contributed by atoms with E-state index >= 15 is 0 Å². The molecule has 0 saturated carbocycles. The largest absolute Gasteiger partial charge is 0.379 e. The Morgan fingerprint density at radius 2 is 1.45 bits per heavy atom. The third-order valence-electron chi connectivity index (χ3n) is 5.52. The molecule has 11 heteroatoms. The SMILES string of the molecule is O=c1ccc(S(=O)(=O)N2CCCC2)cn1Cc1cccc(S(=O)(=O)N2CCOCC2)c1. The molecule has 0 N–H and O–H groups in total. The minimum Gasteiger partial charge on any atom is -0.379 e. The van der Waals surface area contributed by atoms with Gasteiger partial charge in [-0.15, -0.1) is 0 Å². The molecule has 3 heterocycles. The average molecular weight is 468 g/mol. The standard InChI is InChI=1S/C20H25N3O6S2/c24-20-7-6-19(31(27,28)22-8-1-2-9-22)16-21(20)15-17-4-3-5-18(14-17)30(25,26)23-10-12-29-13-11-23/h3-7,14,16H,1-2,8-13,15H2. The first kappa shape index (κ1) is 22.2. The summed E-state index contributed by atoms with van der Waals surface area (Å²) in [4.78, 5) is 12.6. The number of ether oxygens (including phenoxy) is 1. The smallest absolute Gasteiger partial charge is 0.250 e. The molecule has 1 aromatic carbocycles.